The van der Waals surface area contributed by atoms with E-state index in [9.17, 15) is 8.42 Å². The Bertz CT molecular complexity index is 1360. The fraction of sp³-hybridized carbons (Fsp3) is 0. The number of pyridine rings is 2. The molecule has 0 aliphatic heterocycles. The van der Waals surface area contributed by atoms with E-state index in [-0.39, 0.29) is 26.5 Å². The van der Waals surface area contributed by atoms with Crippen molar-refractivity contribution in [3.05, 3.63) is 82.1 Å². The van der Waals surface area contributed by atoms with Crippen LogP contribution in [0, 0.1) is 0 Å². The summed E-state index contributed by atoms with van der Waals surface area (Å²) in [5, 5.41) is 1.36. The van der Waals surface area contributed by atoms with Crippen LogP contribution in [0.25, 0.3) is 10.9 Å². The first-order valence-electron chi connectivity index (χ1n) is 8.48. The number of sulfonamides is 1. The van der Waals surface area contributed by atoms with Crippen LogP contribution in [0.2, 0.25) is 15.1 Å². The number of fused-ring (bicyclic) bond motifs is 1. The van der Waals surface area contributed by atoms with Crippen LogP contribution in [-0.2, 0) is 10.0 Å². The van der Waals surface area contributed by atoms with Crippen molar-refractivity contribution in [2.24, 2.45) is 0 Å². The van der Waals surface area contributed by atoms with Gasteiger partial charge in [-0.15, -0.1) is 0 Å². The standard InChI is InChI=1S/C20H12Cl3N3O3S/c21-13-3-6-19(16(22)9-13)30(27,28)26-14-10-17(23)20(25-11-14)29-15-4-5-18-12(8-15)2-1-7-24-18/h1-11,26H. The zero-order valence-electron chi connectivity index (χ0n) is 15.0. The van der Waals surface area contributed by atoms with Crippen LogP contribution >= 0.6 is 34.8 Å². The highest BCUT2D eigenvalue weighted by Crippen LogP contribution is 2.32. The smallest absolute Gasteiger partial charge is 0.263 e. The quantitative estimate of drug-likeness (QED) is 0.369. The van der Waals surface area contributed by atoms with E-state index in [2.05, 4.69) is 14.7 Å². The number of rotatable bonds is 5. The topological polar surface area (TPSA) is 81.2 Å². The molecule has 0 fully saturated rings. The predicted octanol–water partition coefficient (Wildman–Crippen LogP) is 6.18. The number of benzene rings is 2. The van der Waals surface area contributed by atoms with Crippen LogP contribution in [0.15, 0.2) is 71.9 Å². The summed E-state index contributed by atoms with van der Waals surface area (Å²) in [4.78, 5) is 8.25. The Morgan fingerprint density at radius 3 is 2.50 bits per heavy atom. The summed E-state index contributed by atoms with van der Waals surface area (Å²) in [6, 6.07) is 14.6. The van der Waals surface area contributed by atoms with Gasteiger partial charge in [0.2, 0.25) is 5.88 Å². The van der Waals surface area contributed by atoms with Gasteiger partial charge in [0.1, 0.15) is 15.7 Å². The highest BCUT2D eigenvalue weighted by atomic mass is 35.5. The minimum absolute atomic E-state index is 0.000182. The largest absolute Gasteiger partial charge is 0.438 e. The zero-order chi connectivity index (χ0) is 21.3. The minimum Gasteiger partial charge on any atom is -0.438 e. The molecule has 0 saturated carbocycles. The van der Waals surface area contributed by atoms with Crippen molar-refractivity contribution in [1.29, 1.82) is 0 Å². The second-order valence-electron chi connectivity index (χ2n) is 6.15. The molecule has 0 amide bonds. The van der Waals surface area contributed by atoms with E-state index in [4.69, 9.17) is 39.5 Å². The molecule has 1 N–H and O–H groups in total. The van der Waals surface area contributed by atoms with Gasteiger partial charge in [-0.1, -0.05) is 40.9 Å². The molecule has 0 radical (unpaired) electrons. The fourth-order valence-corrected chi connectivity index (χ4v) is 4.70. The minimum atomic E-state index is -3.96. The molecule has 2 heterocycles. The summed E-state index contributed by atoms with van der Waals surface area (Å²) in [6.45, 7) is 0. The fourth-order valence-electron chi connectivity index (χ4n) is 2.69. The Labute approximate surface area is 187 Å². The number of nitrogens with zero attached hydrogens (tertiary/aromatic N) is 2. The summed E-state index contributed by atoms with van der Waals surface area (Å²) in [5.74, 6) is 0.651. The number of aromatic nitrogens is 2. The first-order valence-corrected chi connectivity index (χ1v) is 11.1. The molecule has 4 rings (SSSR count). The first kappa shape index (κ1) is 20.7. The maximum Gasteiger partial charge on any atom is 0.263 e. The van der Waals surface area contributed by atoms with E-state index in [0.29, 0.717) is 10.8 Å². The van der Waals surface area contributed by atoms with Crippen molar-refractivity contribution in [3.8, 4) is 11.6 Å². The lowest BCUT2D eigenvalue weighted by Gasteiger charge is -2.11. The molecule has 0 saturated heterocycles. The lowest BCUT2D eigenvalue weighted by molar-refractivity contribution is 0.464. The van der Waals surface area contributed by atoms with Crippen LogP contribution < -0.4 is 9.46 Å². The number of hydrogen-bond acceptors (Lipinski definition) is 5. The van der Waals surface area contributed by atoms with Crippen molar-refractivity contribution in [1.82, 2.24) is 9.97 Å². The Morgan fingerprint density at radius 1 is 0.900 bits per heavy atom. The number of halogens is 3. The van der Waals surface area contributed by atoms with Gasteiger partial charge in [0.05, 0.1) is 22.4 Å². The molecule has 0 spiro atoms. The highest BCUT2D eigenvalue weighted by molar-refractivity contribution is 7.92. The SMILES string of the molecule is O=S(=O)(Nc1cnc(Oc2ccc3ncccc3c2)c(Cl)c1)c1ccc(Cl)cc1Cl. The summed E-state index contributed by atoms with van der Waals surface area (Å²) >= 11 is 18.1. The number of anilines is 1. The lowest BCUT2D eigenvalue weighted by atomic mass is 10.2. The monoisotopic (exact) mass is 479 g/mol. The maximum atomic E-state index is 12.6. The van der Waals surface area contributed by atoms with Crippen molar-refractivity contribution in [2.75, 3.05) is 4.72 Å². The molecule has 0 aliphatic rings. The van der Waals surface area contributed by atoms with Crippen molar-refractivity contribution in [3.63, 3.8) is 0 Å². The number of ether oxygens (including phenoxy) is 1. The van der Waals surface area contributed by atoms with Gasteiger partial charge in [-0.05, 0) is 48.5 Å². The molecule has 6 nitrogen and oxygen atoms in total. The van der Waals surface area contributed by atoms with Gasteiger partial charge in [0.25, 0.3) is 10.0 Å². The van der Waals surface area contributed by atoms with Gasteiger partial charge in [0, 0.05) is 16.6 Å². The van der Waals surface area contributed by atoms with Crippen molar-refractivity contribution in [2.45, 2.75) is 4.90 Å². The second kappa shape index (κ2) is 8.28. The normalized spacial score (nSPS) is 11.4. The summed E-state index contributed by atoms with van der Waals surface area (Å²) in [7, 11) is -3.96. The number of nitrogens with one attached hydrogen (secondary N) is 1. The van der Waals surface area contributed by atoms with Crippen LogP contribution in [-0.4, -0.2) is 18.4 Å². The van der Waals surface area contributed by atoms with E-state index in [0.717, 1.165) is 10.9 Å². The van der Waals surface area contributed by atoms with E-state index < -0.39 is 10.0 Å². The van der Waals surface area contributed by atoms with Gasteiger partial charge in [-0.25, -0.2) is 13.4 Å². The molecule has 30 heavy (non-hydrogen) atoms. The molecule has 152 valence electrons. The van der Waals surface area contributed by atoms with Gasteiger partial charge in [-0.3, -0.25) is 9.71 Å². The maximum absolute atomic E-state index is 12.6. The summed E-state index contributed by atoms with van der Waals surface area (Å²) < 4.78 is 33.3. The molecule has 0 aliphatic carbocycles. The Morgan fingerprint density at radius 2 is 1.73 bits per heavy atom. The van der Waals surface area contributed by atoms with Gasteiger partial charge in [0.15, 0.2) is 0 Å². The Hall–Kier alpha value is -2.58. The van der Waals surface area contributed by atoms with Crippen molar-refractivity contribution >= 4 is 61.4 Å². The van der Waals surface area contributed by atoms with Gasteiger partial charge >= 0.3 is 0 Å². The average molecular weight is 481 g/mol. The molecule has 0 unspecified atom stereocenters. The van der Waals surface area contributed by atoms with Crippen LogP contribution in [0.4, 0.5) is 5.69 Å². The number of hydrogen-bond donors (Lipinski definition) is 1. The van der Waals surface area contributed by atoms with Crippen LogP contribution in [0.5, 0.6) is 11.6 Å². The molecule has 10 heteroatoms. The van der Waals surface area contributed by atoms with Crippen molar-refractivity contribution < 1.29 is 13.2 Å². The molecule has 0 bridgehead atoms. The Balaban J connectivity index is 1.56. The van der Waals surface area contributed by atoms with E-state index in [1.165, 1.54) is 30.5 Å². The molecule has 2 aromatic carbocycles. The van der Waals surface area contributed by atoms with Gasteiger partial charge in [-0.2, -0.15) is 0 Å². The molecule has 0 atom stereocenters. The van der Waals surface area contributed by atoms with E-state index in [1.807, 2.05) is 18.2 Å². The predicted molar refractivity (Wildman–Crippen MR) is 118 cm³/mol. The molecular weight excluding hydrogens is 469 g/mol. The van der Waals surface area contributed by atoms with Crippen LogP contribution in [0.3, 0.4) is 0 Å². The Kier molecular flexibility index (Phi) is 5.71. The third kappa shape index (κ3) is 4.44. The first-order chi connectivity index (χ1) is 14.3. The zero-order valence-corrected chi connectivity index (χ0v) is 18.1. The summed E-state index contributed by atoms with van der Waals surface area (Å²) in [5.41, 5.74) is 0.982. The van der Waals surface area contributed by atoms with Gasteiger partial charge < -0.3 is 4.74 Å². The van der Waals surface area contributed by atoms with E-state index >= 15 is 0 Å². The van der Waals surface area contributed by atoms with E-state index in [1.54, 1.807) is 18.3 Å². The molecule has 2 aromatic heterocycles. The van der Waals surface area contributed by atoms with Crippen LogP contribution in [0.1, 0.15) is 0 Å². The lowest BCUT2D eigenvalue weighted by Crippen LogP contribution is -2.13. The molecule has 4 aromatic rings. The molecular formula is C20H12Cl3N3O3S. The third-order valence-corrected chi connectivity index (χ3v) is 6.40. The average Bonchev–Trinajstić information content (AvgIpc) is 2.69. The third-order valence-electron chi connectivity index (χ3n) is 4.03. The second-order valence-corrected chi connectivity index (χ2v) is 9.05. The summed E-state index contributed by atoms with van der Waals surface area (Å²) in [6.07, 6.45) is 3.00. The highest BCUT2D eigenvalue weighted by Gasteiger charge is 2.19.